The summed E-state index contributed by atoms with van der Waals surface area (Å²) in [5.41, 5.74) is 0.614. The number of carbonyl (C=O) groups excluding carboxylic acids is 1. The van der Waals surface area contributed by atoms with Gasteiger partial charge in [0.1, 0.15) is 0 Å². The van der Waals surface area contributed by atoms with Crippen molar-refractivity contribution in [2.45, 2.75) is 22.0 Å². The van der Waals surface area contributed by atoms with Crippen LogP contribution in [-0.2, 0) is 15.9 Å². The topological polar surface area (TPSA) is 66.4 Å². The van der Waals surface area contributed by atoms with Crippen LogP contribution in [0.15, 0.2) is 28.0 Å². The molecule has 80 valence electrons. The third kappa shape index (κ3) is 2.06. The van der Waals surface area contributed by atoms with Crippen molar-refractivity contribution in [2.75, 3.05) is 5.32 Å². The summed E-state index contributed by atoms with van der Waals surface area (Å²) >= 11 is -0.560. The lowest BCUT2D eigenvalue weighted by atomic mass is 10.3. The highest BCUT2D eigenvalue weighted by molar-refractivity contribution is 8.01. The summed E-state index contributed by atoms with van der Waals surface area (Å²) in [6.45, 7) is 1.82. The zero-order valence-electron chi connectivity index (χ0n) is 7.89. The highest BCUT2D eigenvalue weighted by atomic mass is 32.2. The lowest BCUT2D eigenvalue weighted by molar-refractivity contribution is -0.115. The number of thioether (sulfide) groups is 1. The number of nitrogens with one attached hydrogen (secondary N) is 1. The molecule has 0 aromatic heterocycles. The summed E-state index contributed by atoms with van der Waals surface area (Å²) < 4.78 is 19.7. The monoisotopic (exact) mass is 243 g/mol. The smallest absolute Gasteiger partial charge is 0.237 e. The summed E-state index contributed by atoms with van der Waals surface area (Å²) in [7, 11) is 0. The summed E-state index contributed by atoms with van der Waals surface area (Å²) in [6.07, 6.45) is 0. The molecule has 0 aliphatic carbocycles. The van der Waals surface area contributed by atoms with Crippen LogP contribution in [0.25, 0.3) is 0 Å². The molecular weight excluding hydrogens is 234 g/mol. The molecule has 2 N–H and O–H groups in total. The van der Waals surface area contributed by atoms with E-state index in [1.165, 1.54) is 17.8 Å². The molecule has 1 amide bonds. The minimum absolute atomic E-state index is 0.0756. The number of carbonyl (C=O) groups is 1. The second-order valence-corrected chi connectivity index (χ2v) is 5.51. The molecule has 2 rings (SSSR count). The average molecular weight is 243 g/mol. The number of rotatable bonds is 1. The minimum Gasteiger partial charge on any atom is -0.324 e. The number of hydrogen-bond acceptors (Lipinski definition) is 3. The van der Waals surface area contributed by atoms with Crippen molar-refractivity contribution in [2.24, 2.45) is 0 Å². The molecular formula is C9H9NO3S2. The van der Waals surface area contributed by atoms with Crippen molar-refractivity contribution in [3.8, 4) is 0 Å². The Morgan fingerprint density at radius 2 is 2.27 bits per heavy atom. The number of amides is 1. The summed E-state index contributed by atoms with van der Waals surface area (Å²) in [5.74, 6) is -0.0756. The maximum absolute atomic E-state index is 11.4. The van der Waals surface area contributed by atoms with E-state index < -0.39 is 11.1 Å². The molecule has 1 aliphatic rings. The molecule has 0 spiro atoms. The first-order valence-corrected chi connectivity index (χ1v) is 6.29. The number of hydrogen-bond donors (Lipinski definition) is 2. The Morgan fingerprint density at radius 3 is 2.93 bits per heavy atom. The van der Waals surface area contributed by atoms with Gasteiger partial charge in [-0.1, -0.05) is 0 Å². The molecule has 0 fully saturated rings. The van der Waals surface area contributed by atoms with Crippen molar-refractivity contribution in [1.29, 1.82) is 0 Å². The normalized spacial score (nSPS) is 21.7. The van der Waals surface area contributed by atoms with Crippen LogP contribution in [0.1, 0.15) is 6.92 Å². The van der Waals surface area contributed by atoms with Crippen LogP contribution >= 0.6 is 11.8 Å². The Bertz CT molecular complexity index is 447. The van der Waals surface area contributed by atoms with Gasteiger partial charge in [0.25, 0.3) is 0 Å². The number of fused-ring (bicyclic) bond motifs is 1. The van der Waals surface area contributed by atoms with Crippen molar-refractivity contribution in [3.63, 3.8) is 0 Å². The fraction of sp³-hybridized carbons (Fsp3) is 0.222. The van der Waals surface area contributed by atoms with Gasteiger partial charge in [0.05, 0.1) is 15.8 Å². The number of anilines is 1. The predicted molar refractivity (Wildman–Crippen MR) is 59.4 cm³/mol. The van der Waals surface area contributed by atoms with Gasteiger partial charge in [0, 0.05) is 4.90 Å². The molecule has 4 nitrogen and oxygen atoms in total. The van der Waals surface area contributed by atoms with Crippen molar-refractivity contribution in [1.82, 2.24) is 0 Å². The van der Waals surface area contributed by atoms with Gasteiger partial charge in [-0.05, 0) is 25.1 Å². The third-order valence-corrected chi connectivity index (χ3v) is 3.92. The van der Waals surface area contributed by atoms with Crippen LogP contribution in [0.3, 0.4) is 0 Å². The van der Waals surface area contributed by atoms with Crippen molar-refractivity contribution >= 4 is 34.4 Å². The Kier molecular flexibility index (Phi) is 2.81. The van der Waals surface area contributed by atoms with Gasteiger partial charge in [-0.2, -0.15) is 0 Å². The van der Waals surface area contributed by atoms with Crippen molar-refractivity contribution in [3.05, 3.63) is 18.2 Å². The minimum atomic E-state index is -2.01. The SMILES string of the molecule is CC1Sc2ccc(S(=O)O)cc2NC1=O. The molecule has 1 heterocycles. The van der Waals surface area contributed by atoms with Gasteiger partial charge in [-0.15, -0.1) is 11.8 Å². The molecule has 6 heteroatoms. The highest BCUT2D eigenvalue weighted by Gasteiger charge is 2.23. The first kappa shape index (κ1) is 10.7. The van der Waals surface area contributed by atoms with Gasteiger partial charge in [0.15, 0.2) is 11.1 Å². The first-order valence-electron chi connectivity index (χ1n) is 4.30. The first-order chi connectivity index (χ1) is 7.08. The van der Waals surface area contributed by atoms with E-state index in [0.717, 1.165) is 4.90 Å². The van der Waals surface area contributed by atoms with E-state index in [1.807, 2.05) is 6.92 Å². The molecule has 1 aromatic carbocycles. The summed E-state index contributed by atoms with van der Waals surface area (Å²) in [5, 5.41) is 2.58. The molecule has 0 radical (unpaired) electrons. The van der Waals surface area contributed by atoms with Crippen molar-refractivity contribution < 1.29 is 13.6 Å². The fourth-order valence-corrected chi connectivity index (χ4v) is 2.63. The quantitative estimate of drug-likeness (QED) is 0.737. The van der Waals surface area contributed by atoms with Gasteiger partial charge >= 0.3 is 0 Å². The molecule has 0 bridgehead atoms. The number of benzene rings is 1. The molecule has 2 unspecified atom stereocenters. The van der Waals surface area contributed by atoms with Gasteiger partial charge in [-0.3, -0.25) is 4.79 Å². The van der Waals surface area contributed by atoms with E-state index >= 15 is 0 Å². The molecule has 1 aliphatic heterocycles. The van der Waals surface area contributed by atoms with E-state index in [9.17, 15) is 9.00 Å². The Hall–Kier alpha value is -0.850. The van der Waals surface area contributed by atoms with Crippen LogP contribution in [0, 0.1) is 0 Å². The Labute approximate surface area is 93.7 Å². The van der Waals surface area contributed by atoms with Gasteiger partial charge in [0.2, 0.25) is 5.91 Å². The van der Waals surface area contributed by atoms with E-state index in [2.05, 4.69) is 5.32 Å². The highest BCUT2D eigenvalue weighted by Crippen LogP contribution is 2.36. The second-order valence-electron chi connectivity index (χ2n) is 3.16. The summed E-state index contributed by atoms with van der Waals surface area (Å²) in [4.78, 5) is 12.6. The van der Waals surface area contributed by atoms with Gasteiger partial charge in [-0.25, -0.2) is 4.21 Å². The standard InChI is InChI=1S/C9H9NO3S2/c1-5-9(11)10-7-4-6(15(12)13)2-3-8(7)14-5/h2-5H,1H3,(H,10,11)(H,12,13). The predicted octanol–water partition coefficient (Wildman–Crippen LogP) is 1.70. The zero-order chi connectivity index (χ0) is 11.0. The lowest BCUT2D eigenvalue weighted by Gasteiger charge is -2.21. The average Bonchev–Trinajstić information content (AvgIpc) is 2.19. The molecule has 2 atom stereocenters. The zero-order valence-corrected chi connectivity index (χ0v) is 9.52. The Balaban J connectivity index is 2.41. The third-order valence-electron chi connectivity index (χ3n) is 2.08. The maximum atomic E-state index is 11.4. The van der Waals surface area contributed by atoms with Crippen LogP contribution < -0.4 is 5.32 Å². The Morgan fingerprint density at radius 1 is 1.53 bits per heavy atom. The van der Waals surface area contributed by atoms with Crippen LogP contribution in [0.4, 0.5) is 5.69 Å². The van der Waals surface area contributed by atoms with E-state index in [0.29, 0.717) is 10.6 Å². The van der Waals surface area contributed by atoms with Crippen LogP contribution in [-0.4, -0.2) is 19.9 Å². The van der Waals surface area contributed by atoms with Crippen LogP contribution in [0.2, 0.25) is 0 Å². The van der Waals surface area contributed by atoms with Crippen LogP contribution in [0.5, 0.6) is 0 Å². The molecule has 15 heavy (non-hydrogen) atoms. The van der Waals surface area contributed by atoms with Gasteiger partial charge < -0.3 is 9.87 Å². The van der Waals surface area contributed by atoms with E-state index in [1.54, 1.807) is 12.1 Å². The second kappa shape index (κ2) is 3.96. The molecule has 1 aromatic rings. The largest absolute Gasteiger partial charge is 0.324 e. The maximum Gasteiger partial charge on any atom is 0.237 e. The lowest BCUT2D eigenvalue weighted by Crippen LogP contribution is -2.26. The fourth-order valence-electron chi connectivity index (χ4n) is 1.30. The molecule has 0 saturated carbocycles. The van der Waals surface area contributed by atoms with E-state index in [-0.39, 0.29) is 11.2 Å². The van der Waals surface area contributed by atoms with E-state index in [4.69, 9.17) is 4.55 Å². The molecule has 0 saturated heterocycles. The summed E-state index contributed by atoms with van der Waals surface area (Å²) in [6, 6.07) is 4.87.